The van der Waals surface area contributed by atoms with Crippen molar-refractivity contribution >= 4 is 78.0 Å². The largest absolute Gasteiger partial charge is 0.480 e. The molecule has 210 valence electrons. The van der Waals surface area contributed by atoms with Gasteiger partial charge in [-0.1, -0.05) is 60.3 Å². The summed E-state index contributed by atoms with van der Waals surface area (Å²) in [5.74, 6) is -0.669. The molecule has 0 aliphatic carbocycles. The molecule has 0 bridgehead atoms. The van der Waals surface area contributed by atoms with Crippen LogP contribution in [0.5, 0.6) is 0 Å². The average molecular weight is 604 g/mol. The fourth-order valence-corrected chi connectivity index (χ4v) is 3.47. The highest BCUT2D eigenvalue weighted by molar-refractivity contribution is 8.14. The summed E-state index contributed by atoms with van der Waals surface area (Å²) in [6.07, 6.45) is 0. The number of carboxylic acids is 1. The van der Waals surface area contributed by atoms with Crippen molar-refractivity contribution in [2.75, 3.05) is 17.3 Å². The van der Waals surface area contributed by atoms with E-state index in [9.17, 15) is 24.0 Å². The predicted octanol–water partition coefficient (Wildman–Crippen LogP) is 2.53. The number of carbonyl (C=O) groups excluding carboxylic acids is 4. The molecular weight excluding hydrogens is 570 g/mol. The lowest BCUT2D eigenvalue weighted by molar-refractivity contribution is -0.138. The van der Waals surface area contributed by atoms with Gasteiger partial charge in [-0.25, -0.2) is 0 Å². The van der Waals surface area contributed by atoms with E-state index in [4.69, 9.17) is 16.6 Å². The van der Waals surface area contributed by atoms with Gasteiger partial charge in [0.15, 0.2) is 5.78 Å². The van der Waals surface area contributed by atoms with Crippen LogP contribution in [0, 0.1) is 0 Å². The van der Waals surface area contributed by atoms with E-state index in [-0.39, 0.29) is 52.5 Å². The molecule has 2 rings (SSSR count). The molecular formula is C25H34ClN3O6S3. The lowest BCUT2D eigenvalue weighted by Gasteiger charge is -2.15. The molecule has 0 heterocycles. The summed E-state index contributed by atoms with van der Waals surface area (Å²) in [5.41, 5.74) is 11.2. The third-order valence-corrected chi connectivity index (χ3v) is 6.24. The van der Waals surface area contributed by atoms with Crippen LogP contribution in [0.4, 0.5) is 0 Å². The van der Waals surface area contributed by atoms with Crippen LogP contribution in [0.2, 0.25) is 0 Å². The number of halogens is 1. The van der Waals surface area contributed by atoms with Gasteiger partial charge in [0.2, 0.25) is 5.12 Å². The number of nitrogens with one attached hydrogen (secondary N) is 1. The number of hydrogen-bond donors (Lipinski definition) is 6. The number of thioether (sulfide) groups is 1. The van der Waals surface area contributed by atoms with Crippen LogP contribution >= 0.6 is 49.4 Å². The molecule has 0 aliphatic rings. The molecule has 13 heteroatoms. The molecule has 3 atom stereocenters. The normalized spacial score (nSPS) is 11.9. The molecule has 38 heavy (non-hydrogen) atoms. The number of carbonyl (C=O) groups is 5. The average Bonchev–Trinajstić information content (AvgIpc) is 2.91. The highest BCUT2D eigenvalue weighted by atomic mass is 35.5. The van der Waals surface area contributed by atoms with Crippen LogP contribution < -0.4 is 16.8 Å². The van der Waals surface area contributed by atoms with Gasteiger partial charge in [-0.15, -0.1) is 12.4 Å². The first-order chi connectivity index (χ1) is 17.4. The third-order valence-electron chi connectivity index (χ3n) is 4.46. The number of aliphatic carboxylic acids is 1. The maximum absolute atomic E-state index is 12.1. The summed E-state index contributed by atoms with van der Waals surface area (Å²) >= 11 is 8.49. The highest BCUT2D eigenvalue weighted by Crippen LogP contribution is 2.14. The van der Waals surface area contributed by atoms with Crippen molar-refractivity contribution in [2.45, 2.75) is 32.0 Å². The van der Waals surface area contributed by atoms with E-state index in [1.165, 1.54) is 13.8 Å². The van der Waals surface area contributed by atoms with Gasteiger partial charge in [0.25, 0.3) is 5.91 Å². The summed E-state index contributed by atoms with van der Waals surface area (Å²) in [4.78, 5) is 55.9. The Morgan fingerprint density at radius 3 is 1.58 bits per heavy atom. The monoisotopic (exact) mass is 603 g/mol. The minimum Gasteiger partial charge on any atom is -0.480 e. The van der Waals surface area contributed by atoms with Crippen LogP contribution in [-0.2, 0) is 14.4 Å². The predicted molar refractivity (Wildman–Crippen MR) is 161 cm³/mol. The number of carboxylic acid groups (broad SMARTS) is 1. The van der Waals surface area contributed by atoms with Crippen LogP contribution in [0.3, 0.4) is 0 Å². The molecule has 0 saturated heterocycles. The molecule has 0 aromatic heterocycles. The molecule has 0 unspecified atom stereocenters. The zero-order chi connectivity index (χ0) is 28.4. The van der Waals surface area contributed by atoms with E-state index >= 15 is 0 Å². The third kappa shape index (κ3) is 16.5. The number of hydrogen-bond acceptors (Lipinski definition) is 10. The number of benzene rings is 2. The number of rotatable bonds is 10. The first kappa shape index (κ1) is 37.8. The van der Waals surface area contributed by atoms with Gasteiger partial charge < -0.3 is 21.9 Å². The van der Waals surface area contributed by atoms with Gasteiger partial charge in [0, 0.05) is 28.4 Å². The molecule has 0 aliphatic heterocycles. The molecule has 6 N–H and O–H groups in total. The summed E-state index contributed by atoms with van der Waals surface area (Å²) in [6, 6.07) is 15.6. The molecule has 2 aromatic rings. The Labute approximate surface area is 244 Å². The van der Waals surface area contributed by atoms with Crippen molar-refractivity contribution in [1.29, 1.82) is 0 Å². The van der Waals surface area contributed by atoms with Crippen molar-refractivity contribution in [3.63, 3.8) is 0 Å². The molecule has 9 nitrogen and oxygen atoms in total. The lowest BCUT2D eigenvalue weighted by atomic mass is 10.2. The van der Waals surface area contributed by atoms with Crippen molar-refractivity contribution in [2.24, 2.45) is 11.5 Å². The fraction of sp³-hybridized carbons (Fsp3) is 0.320. The number of thiol groups is 2. The number of Topliss-reactive ketones (excluding diaryl/α,β-unsaturated/α-hetero) is 2. The van der Waals surface area contributed by atoms with Gasteiger partial charge >= 0.3 is 5.97 Å². The molecule has 1 amide bonds. The van der Waals surface area contributed by atoms with E-state index in [1.807, 2.05) is 12.1 Å². The second-order valence-electron chi connectivity index (χ2n) is 7.49. The molecule has 0 fully saturated rings. The summed E-state index contributed by atoms with van der Waals surface area (Å²) in [6.45, 7) is 2.87. The van der Waals surface area contributed by atoms with Gasteiger partial charge in [0.1, 0.15) is 11.8 Å². The zero-order valence-corrected chi connectivity index (χ0v) is 24.4. The summed E-state index contributed by atoms with van der Waals surface area (Å²) < 4.78 is 0. The van der Waals surface area contributed by atoms with E-state index in [1.54, 1.807) is 48.5 Å². The van der Waals surface area contributed by atoms with Gasteiger partial charge in [0.05, 0.1) is 12.1 Å². The van der Waals surface area contributed by atoms with Crippen molar-refractivity contribution in [3.05, 3.63) is 71.8 Å². The Bertz CT molecular complexity index is 996. The number of ketones is 2. The summed E-state index contributed by atoms with van der Waals surface area (Å²) in [7, 11) is 0. The first-order valence-corrected chi connectivity index (χ1v) is 13.2. The molecule has 0 saturated carbocycles. The van der Waals surface area contributed by atoms with Crippen molar-refractivity contribution in [1.82, 2.24) is 5.32 Å². The van der Waals surface area contributed by atoms with E-state index < -0.39 is 18.1 Å². The highest BCUT2D eigenvalue weighted by Gasteiger charge is 2.20. The van der Waals surface area contributed by atoms with Crippen LogP contribution in [0.15, 0.2) is 60.7 Å². The smallest absolute Gasteiger partial charge is 0.321 e. The van der Waals surface area contributed by atoms with E-state index in [0.717, 1.165) is 11.8 Å². The lowest BCUT2D eigenvalue weighted by Crippen LogP contribution is -2.41. The number of amides is 1. The Kier molecular flexibility index (Phi) is 21.5. The molecule has 0 spiro atoms. The van der Waals surface area contributed by atoms with E-state index in [2.05, 4.69) is 30.6 Å². The Morgan fingerprint density at radius 1 is 0.816 bits per heavy atom. The Hall–Kier alpha value is -2.35. The quantitative estimate of drug-likeness (QED) is 0.223. The fourth-order valence-electron chi connectivity index (χ4n) is 2.11. The Balaban J connectivity index is 0. The summed E-state index contributed by atoms with van der Waals surface area (Å²) in [5, 5.41) is 10.6. The maximum Gasteiger partial charge on any atom is 0.321 e. The second kappa shape index (κ2) is 21.6. The Morgan fingerprint density at radius 2 is 1.26 bits per heavy atom. The second-order valence-corrected chi connectivity index (χ2v) is 9.22. The van der Waals surface area contributed by atoms with Gasteiger partial charge in [-0.05, 0) is 26.0 Å². The van der Waals surface area contributed by atoms with Crippen LogP contribution in [-0.4, -0.2) is 69.0 Å². The number of nitrogens with two attached hydrogens (primary N) is 2. The van der Waals surface area contributed by atoms with Crippen LogP contribution in [0.25, 0.3) is 0 Å². The zero-order valence-electron chi connectivity index (χ0n) is 21.0. The maximum atomic E-state index is 12.1. The first-order valence-electron chi connectivity index (χ1n) is 11.0. The SMILES string of the molecule is CC(=O)[C@@H](N)CS.CC(=O)[C@H](CSC(=O)c1ccccc1)NC(=O)c1ccccc1.Cl.N[C@@H](CS)C(=O)O. The topological polar surface area (TPSA) is 170 Å². The van der Waals surface area contributed by atoms with Crippen molar-refractivity contribution < 1.29 is 29.1 Å². The van der Waals surface area contributed by atoms with E-state index in [0.29, 0.717) is 16.9 Å². The minimum absolute atomic E-state index is 0. The van der Waals surface area contributed by atoms with Gasteiger partial charge in [-0.3, -0.25) is 24.0 Å². The van der Waals surface area contributed by atoms with Crippen molar-refractivity contribution in [3.8, 4) is 0 Å². The minimum atomic E-state index is -1.00. The van der Waals surface area contributed by atoms with Gasteiger partial charge in [-0.2, -0.15) is 25.3 Å². The van der Waals surface area contributed by atoms with Crippen LogP contribution in [0.1, 0.15) is 34.6 Å². The standard InChI is InChI=1S/C18H17NO3S.C4H9NOS.C3H7NO2S.ClH/c1-13(20)16(19-17(21)14-8-4-2-5-9-14)12-23-18(22)15-10-6-3-7-11-15;1-3(6)4(5)2-7;4-2(1-7)3(5)6;/h2-11,16H,12H2,1H3,(H,19,21);4,7H,2,5H2,1H3;2,7H,1,4H2,(H,5,6);1H/t16-;4-;2-;/m000./s1. The molecule has 2 aromatic carbocycles. The molecule has 0 radical (unpaired) electrons.